The number of alkyl halides is 2. The van der Waals surface area contributed by atoms with Crippen LogP contribution in [0.3, 0.4) is 0 Å². The number of hydrogen-bond donors (Lipinski definition) is 1. The Morgan fingerprint density at radius 1 is 1.38 bits per heavy atom. The molecule has 1 aromatic heterocycles. The van der Waals surface area contributed by atoms with Crippen LogP contribution in [0.2, 0.25) is 0 Å². The number of thioether (sulfide) groups is 1. The summed E-state index contributed by atoms with van der Waals surface area (Å²) in [5.41, 5.74) is 0. The first-order chi connectivity index (χ1) is 9.92. The van der Waals surface area contributed by atoms with Crippen LogP contribution >= 0.6 is 11.8 Å². The molecule has 120 valence electrons. The minimum absolute atomic E-state index is 0.129. The predicted octanol–water partition coefficient (Wildman–Crippen LogP) is 3.41. The van der Waals surface area contributed by atoms with Gasteiger partial charge >= 0.3 is 5.97 Å². The normalized spacial score (nSPS) is 12.9. The third-order valence-corrected chi connectivity index (χ3v) is 3.49. The van der Waals surface area contributed by atoms with Gasteiger partial charge in [-0.25, -0.2) is 0 Å². The highest BCUT2D eigenvalue weighted by molar-refractivity contribution is 7.98. The number of furan rings is 1. The van der Waals surface area contributed by atoms with E-state index in [1.54, 1.807) is 12.1 Å². The van der Waals surface area contributed by atoms with Gasteiger partial charge in [-0.3, -0.25) is 10.1 Å². The summed E-state index contributed by atoms with van der Waals surface area (Å²) in [5.74, 6) is -1.15. The molecule has 0 spiro atoms. The second kappa shape index (κ2) is 9.04. The molecule has 0 aliphatic heterocycles. The number of carbonyl (C=O) groups excluding carboxylic acids is 1. The van der Waals surface area contributed by atoms with Gasteiger partial charge in [0.15, 0.2) is 0 Å². The monoisotopic (exact) mass is 321 g/mol. The van der Waals surface area contributed by atoms with Crippen molar-refractivity contribution in [2.24, 2.45) is 5.92 Å². The number of methoxy groups -OCH3 is 1. The zero-order chi connectivity index (χ0) is 15.8. The molecule has 4 nitrogen and oxygen atoms in total. The van der Waals surface area contributed by atoms with Crippen LogP contribution in [0.1, 0.15) is 31.8 Å². The number of nitrogens with one attached hydrogen (secondary N) is 1. The third-order valence-electron chi connectivity index (χ3n) is 2.78. The quantitative estimate of drug-likeness (QED) is 0.706. The van der Waals surface area contributed by atoms with Crippen LogP contribution in [0.15, 0.2) is 16.5 Å². The molecule has 0 fully saturated rings. The third kappa shape index (κ3) is 6.95. The van der Waals surface area contributed by atoms with Crippen molar-refractivity contribution in [2.75, 3.05) is 7.11 Å². The van der Waals surface area contributed by atoms with Crippen molar-refractivity contribution < 1.29 is 22.7 Å². The lowest BCUT2D eigenvalue weighted by molar-refractivity contribution is -0.143. The van der Waals surface area contributed by atoms with E-state index < -0.39 is 11.8 Å². The van der Waals surface area contributed by atoms with Gasteiger partial charge in [-0.15, -0.1) is 0 Å². The summed E-state index contributed by atoms with van der Waals surface area (Å²) < 4.78 is 34.4. The summed E-state index contributed by atoms with van der Waals surface area (Å²) in [6.07, 6.45) is 0.654. The van der Waals surface area contributed by atoms with E-state index in [4.69, 9.17) is 9.15 Å². The smallest absolute Gasteiger partial charge is 0.322 e. The van der Waals surface area contributed by atoms with Crippen LogP contribution in [-0.2, 0) is 21.8 Å². The molecule has 1 atom stereocenters. The fourth-order valence-electron chi connectivity index (χ4n) is 1.84. The maximum atomic E-state index is 12.1. The molecule has 1 N–H and O–H groups in total. The second-order valence-corrected chi connectivity index (χ2v) is 6.00. The van der Waals surface area contributed by atoms with Gasteiger partial charge < -0.3 is 9.15 Å². The van der Waals surface area contributed by atoms with Crippen LogP contribution in [0.25, 0.3) is 0 Å². The highest BCUT2D eigenvalue weighted by atomic mass is 32.2. The first-order valence-electron chi connectivity index (χ1n) is 6.71. The van der Waals surface area contributed by atoms with Gasteiger partial charge in [0.2, 0.25) is 0 Å². The highest BCUT2D eigenvalue weighted by Gasteiger charge is 2.20. The lowest BCUT2D eigenvalue weighted by atomic mass is 10.0. The Hall–Kier alpha value is -1.08. The Kier molecular flexibility index (Phi) is 7.74. The van der Waals surface area contributed by atoms with E-state index in [0.29, 0.717) is 42.2 Å². The highest BCUT2D eigenvalue weighted by Crippen LogP contribution is 2.21. The van der Waals surface area contributed by atoms with E-state index in [-0.39, 0.29) is 11.7 Å². The van der Waals surface area contributed by atoms with Crippen molar-refractivity contribution in [2.45, 2.75) is 44.4 Å². The number of ether oxygens (including phenoxy) is 1. The van der Waals surface area contributed by atoms with Crippen LogP contribution < -0.4 is 5.32 Å². The van der Waals surface area contributed by atoms with Crippen molar-refractivity contribution in [1.29, 1.82) is 0 Å². The van der Waals surface area contributed by atoms with E-state index >= 15 is 0 Å². The van der Waals surface area contributed by atoms with Crippen LogP contribution in [0.4, 0.5) is 8.78 Å². The molecule has 7 heteroatoms. The summed E-state index contributed by atoms with van der Waals surface area (Å²) in [6.45, 7) is 4.39. The largest absolute Gasteiger partial charge is 0.468 e. The Morgan fingerprint density at radius 3 is 2.62 bits per heavy atom. The molecule has 0 aliphatic rings. The number of hydrogen-bond acceptors (Lipinski definition) is 5. The lowest BCUT2D eigenvalue weighted by Crippen LogP contribution is -2.38. The maximum Gasteiger partial charge on any atom is 0.322 e. The zero-order valence-electron chi connectivity index (χ0n) is 12.4. The summed E-state index contributed by atoms with van der Waals surface area (Å²) in [6, 6.07) is 2.99. The SMILES string of the molecule is COC(=O)C(CC(C)C)NCc1ccc(CSC(F)F)o1. The second-order valence-electron chi connectivity index (χ2n) is 5.03. The molecule has 1 unspecified atom stereocenters. The van der Waals surface area contributed by atoms with Gasteiger partial charge in [0, 0.05) is 0 Å². The zero-order valence-corrected chi connectivity index (χ0v) is 13.2. The van der Waals surface area contributed by atoms with E-state index in [2.05, 4.69) is 5.32 Å². The molecular weight excluding hydrogens is 300 g/mol. The number of rotatable bonds is 9. The van der Waals surface area contributed by atoms with Gasteiger partial charge in [0.1, 0.15) is 17.6 Å². The molecule has 0 bridgehead atoms. The average Bonchev–Trinajstić information content (AvgIpc) is 2.87. The van der Waals surface area contributed by atoms with Gasteiger partial charge in [0.25, 0.3) is 5.76 Å². The summed E-state index contributed by atoms with van der Waals surface area (Å²) in [7, 11) is 1.35. The van der Waals surface area contributed by atoms with E-state index in [1.807, 2.05) is 13.8 Å². The van der Waals surface area contributed by atoms with Gasteiger partial charge in [-0.2, -0.15) is 8.78 Å². The van der Waals surface area contributed by atoms with Crippen LogP contribution in [0.5, 0.6) is 0 Å². The van der Waals surface area contributed by atoms with E-state index in [9.17, 15) is 13.6 Å². The summed E-state index contributed by atoms with van der Waals surface area (Å²) >= 11 is 0.517. The Morgan fingerprint density at radius 2 is 2.05 bits per heavy atom. The molecule has 0 saturated carbocycles. The first kappa shape index (κ1) is 18.0. The van der Waals surface area contributed by atoms with Gasteiger partial charge in [-0.1, -0.05) is 25.6 Å². The van der Waals surface area contributed by atoms with Crippen molar-refractivity contribution in [3.63, 3.8) is 0 Å². The van der Waals surface area contributed by atoms with Crippen molar-refractivity contribution in [3.05, 3.63) is 23.7 Å². The topological polar surface area (TPSA) is 51.5 Å². The molecule has 21 heavy (non-hydrogen) atoms. The van der Waals surface area contributed by atoms with Crippen molar-refractivity contribution in [1.82, 2.24) is 5.32 Å². The minimum Gasteiger partial charge on any atom is -0.468 e. The van der Waals surface area contributed by atoms with Crippen molar-refractivity contribution >= 4 is 17.7 Å². The molecule has 0 aliphatic carbocycles. The molecule has 1 aromatic rings. The fourth-order valence-corrected chi connectivity index (χ4v) is 2.29. The number of carbonyl (C=O) groups is 1. The van der Waals surface area contributed by atoms with Crippen molar-refractivity contribution in [3.8, 4) is 0 Å². The lowest BCUT2D eigenvalue weighted by Gasteiger charge is -2.17. The van der Waals surface area contributed by atoms with Crippen LogP contribution in [0, 0.1) is 5.92 Å². The molecule has 1 rings (SSSR count). The van der Waals surface area contributed by atoms with Crippen LogP contribution in [-0.4, -0.2) is 24.9 Å². The van der Waals surface area contributed by atoms with Gasteiger partial charge in [0.05, 0.1) is 19.4 Å². The molecule has 0 radical (unpaired) electrons. The molecule has 0 amide bonds. The Labute approximate surface area is 127 Å². The molecule has 0 saturated heterocycles. The molecule has 0 aromatic carbocycles. The Balaban J connectivity index is 2.49. The number of esters is 1. The number of halogens is 2. The van der Waals surface area contributed by atoms with E-state index in [1.165, 1.54) is 7.11 Å². The maximum absolute atomic E-state index is 12.1. The standard InChI is InChI=1S/C14H21F2NO3S/c1-9(2)6-12(13(18)19-3)17-7-10-4-5-11(20-10)8-21-14(15)16/h4-5,9,12,14,17H,6-8H2,1-3H3. The minimum atomic E-state index is -2.41. The predicted molar refractivity (Wildman–Crippen MR) is 78.1 cm³/mol. The molecule has 1 heterocycles. The summed E-state index contributed by atoms with van der Waals surface area (Å²) in [5, 5.41) is 3.07. The van der Waals surface area contributed by atoms with Gasteiger partial charge in [-0.05, 0) is 24.5 Å². The first-order valence-corrected chi connectivity index (χ1v) is 7.75. The fraction of sp³-hybridized carbons (Fsp3) is 0.643. The summed E-state index contributed by atoms with van der Waals surface area (Å²) in [4.78, 5) is 11.6. The average molecular weight is 321 g/mol. The van der Waals surface area contributed by atoms with E-state index in [0.717, 1.165) is 0 Å². The Bertz CT molecular complexity index is 438. The molecular formula is C14H21F2NO3S.